The van der Waals surface area contributed by atoms with Crippen molar-refractivity contribution >= 4 is 44.0 Å². The molecule has 0 amide bonds. The predicted octanol–water partition coefficient (Wildman–Crippen LogP) is 3.92. The van der Waals surface area contributed by atoms with Crippen molar-refractivity contribution in [2.24, 2.45) is 0 Å². The van der Waals surface area contributed by atoms with Crippen LogP contribution in [0, 0.1) is 10.1 Å². The molecule has 0 radical (unpaired) electrons. The second kappa shape index (κ2) is 4.43. The summed E-state index contributed by atoms with van der Waals surface area (Å²) < 4.78 is 0.822. The zero-order valence-corrected chi connectivity index (χ0v) is 10.3. The molecule has 0 saturated carbocycles. The molecule has 0 aromatic carbocycles. The Labute approximate surface area is 92.8 Å². The summed E-state index contributed by atoms with van der Waals surface area (Å²) in [6, 6.07) is 0. The number of thiophene rings is 1. The zero-order chi connectivity index (χ0) is 10.0. The smallest absolute Gasteiger partial charge is 0.258 e. The zero-order valence-electron chi connectivity index (χ0n) is 7.11. The Hall–Kier alpha value is -0.0700. The van der Waals surface area contributed by atoms with Gasteiger partial charge in [0.1, 0.15) is 4.90 Å². The maximum atomic E-state index is 10.6. The Morgan fingerprint density at radius 2 is 2.31 bits per heavy atom. The molecule has 0 spiro atoms. The summed E-state index contributed by atoms with van der Waals surface area (Å²) in [6.45, 7) is 4.02. The van der Waals surface area contributed by atoms with Gasteiger partial charge in [0, 0.05) is 15.1 Å². The van der Waals surface area contributed by atoms with Crippen LogP contribution in [-0.4, -0.2) is 10.2 Å². The normalized spacial score (nSPS) is 10.8. The average Bonchev–Trinajstić information content (AvgIpc) is 2.32. The lowest BCUT2D eigenvalue weighted by molar-refractivity contribution is -0.383. The lowest BCUT2D eigenvalue weighted by Crippen LogP contribution is -1.90. The van der Waals surface area contributed by atoms with Crippen LogP contribution >= 0.6 is 39.0 Å². The van der Waals surface area contributed by atoms with E-state index in [4.69, 9.17) is 0 Å². The quantitative estimate of drug-likeness (QED) is 0.479. The van der Waals surface area contributed by atoms with Gasteiger partial charge in [0.05, 0.1) is 4.92 Å². The summed E-state index contributed by atoms with van der Waals surface area (Å²) in [5.41, 5.74) is 0. The molecule has 0 saturated heterocycles. The number of thioether (sulfide) groups is 1. The molecular weight excluding hydrogens is 274 g/mol. The average molecular weight is 282 g/mol. The molecule has 13 heavy (non-hydrogen) atoms. The third-order valence-electron chi connectivity index (χ3n) is 1.20. The maximum Gasteiger partial charge on any atom is 0.338 e. The van der Waals surface area contributed by atoms with Crippen LogP contribution in [0.5, 0.6) is 0 Å². The van der Waals surface area contributed by atoms with E-state index in [-0.39, 0.29) is 9.92 Å². The standard InChI is InChI=1S/C7H8BrNO2S2/c1-4(2)13-6-5(8)3-12-7(6)9(10)11/h3-4H,1-2H3. The summed E-state index contributed by atoms with van der Waals surface area (Å²) in [6.07, 6.45) is 0. The van der Waals surface area contributed by atoms with Crippen molar-refractivity contribution in [3.05, 3.63) is 20.0 Å². The van der Waals surface area contributed by atoms with Gasteiger partial charge in [-0.15, -0.1) is 11.8 Å². The third kappa shape index (κ3) is 2.69. The molecule has 0 aliphatic heterocycles. The predicted molar refractivity (Wildman–Crippen MR) is 59.7 cm³/mol. The van der Waals surface area contributed by atoms with Crippen molar-refractivity contribution in [1.29, 1.82) is 0 Å². The van der Waals surface area contributed by atoms with Gasteiger partial charge in [-0.2, -0.15) is 0 Å². The molecule has 72 valence electrons. The van der Waals surface area contributed by atoms with Crippen LogP contribution in [0.4, 0.5) is 5.00 Å². The second-order valence-electron chi connectivity index (χ2n) is 2.64. The first kappa shape index (κ1) is 11.0. The molecule has 0 fully saturated rings. The van der Waals surface area contributed by atoms with E-state index in [9.17, 15) is 10.1 Å². The van der Waals surface area contributed by atoms with E-state index >= 15 is 0 Å². The lowest BCUT2D eigenvalue weighted by Gasteiger charge is -2.01. The highest BCUT2D eigenvalue weighted by Gasteiger charge is 2.20. The third-order valence-corrected chi connectivity index (χ3v) is 4.58. The summed E-state index contributed by atoms with van der Waals surface area (Å²) in [4.78, 5) is 11.0. The Kier molecular flexibility index (Phi) is 3.75. The molecule has 1 heterocycles. The van der Waals surface area contributed by atoms with Crippen LogP contribution in [-0.2, 0) is 0 Å². The molecular formula is C7H8BrNO2S2. The number of rotatable bonds is 3. The van der Waals surface area contributed by atoms with Gasteiger partial charge in [-0.1, -0.05) is 25.2 Å². The van der Waals surface area contributed by atoms with Crippen molar-refractivity contribution in [3.8, 4) is 0 Å². The number of hydrogen-bond acceptors (Lipinski definition) is 4. The molecule has 3 nitrogen and oxygen atoms in total. The summed E-state index contributed by atoms with van der Waals surface area (Å²) in [7, 11) is 0. The molecule has 0 N–H and O–H groups in total. The molecule has 0 aliphatic carbocycles. The Balaban J connectivity index is 3.01. The van der Waals surface area contributed by atoms with Gasteiger partial charge in [0.25, 0.3) is 0 Å². The number of nitrogens with zero attached hydrogens (tertiary/aromatic N) is 1. The first-order chi connectivity index (χ1) is 6.02. The largest absolute Gasteiger partial charge is 0.338 e. The number of halogens is 1. The van der Waals surface area contributed by atoms with E-state index in [0.717, 1.165) is 20.7 Å². The maximum absolute atomic E-state index is 10.6. The Morgan fingerprint density at radius 3 is 2.77 bits per heavy atom. The first-order valence-electron chi connectivity index (χ1n) is 3.60. The van der Waals surface area contributed by atoms with Crippen LogP contribution in [0.15, 0.2) is 14.7 Å². The lowest BCUT2D eigenvalue weighted by atomic mass is 10.6. The number of nitro groups is 1. The van der Waals surface area contributed by atoms with Gasteiger partial charge >= 0.3 is 5.00 Å². The van der Waals surface area contributed by atoms with E-state index in [1.165, 1.54) is 11.8 Å². The summed E-state index contributed by atoms with van der Waals surface area (Å²) in [5.74, 6) is 0. The minimum absolute atomic E-state index is 0.227. The molecule has 0 unspecified atom stereocenters. The summed E-state index contributed by atoms with van der Waals surface area (Å²) in [5, 5.41) is 12.9. The highest BCUT2D eigenvalue weighted by Crippen LogP contribution is 2.42. The molecule has 1 aromatic rings. The van der Waals surface area contributed by atoms with Gasteiger partial charge in [-0.25, -0.2) is 0 Å². The minimum Gasteiger partial charge on any atom is -0.258 e. The molecule has 0 aliphatic rings. The van der Waals surface area contributed by atoms with Gasteiger partial charge in [0.15, 0.2) is 0 Å². The number of hydrogen-bond donors (Lipinski definition) is 0. The molecule has 1 aromatic heterocycles. The molecule has 0 bridgehead atoms. The SMILES string of the molecule is CC(C)Sc1c(Br)csc1[N+](=O)[O-]. The van der Waals surface area contributed by atoms with Gasteiger partial charge in [-0.05, 0) is 15.9 Å². The van der Waals surface area contributed by atoms with Crippen molar-refractivity contribution in [2.45, 2.75) is 24.0 Å². The minimum atomic E-state index is -0.333. The van der Waals surface area contributed by atoms with Gasteiger partial charge in [0.2, 0.25) is 0 Å². The second-order valence-corrected chi connectivity index (χ2v) is 5.94. The van der Waals surface area contributed by atoms with E-state index in [0.29, 0.717) is 5.25 Å². The highest BCUT2D eigenvalue weighted by molar-refractivity contribution is 9.10. The van der Waals surface area contributed by atoms with Crippen molar-refractivity contribution in [3.63, 3.8) is 0 Å². The van der Waals surface area contributed by atoms with Gasteiger partial charge < -0.3 is 0 Å². The van der Waals surface area contributed by atoms with Crippen LogP contribution in [0.25, 0.3) is 0 Å². The van der Waals surface area contributed by atoms with E-state index in [2.05, 4.69) is 15.9 Å². The Bertz CT molecular complexity index is 324. The molecule has 6 heteroatoms. The fourth-order valence-corrected chi connectivity index (χ4v) is 3.48. The van der Waals surface area contributed by atoms with E-state index in [1.807, 2.05) is 13.8 Å². The van der Waals surface area contributed by atoms with E-state index < -0.39 is 0 Å². The molecule has 0 atom stereocenters. The molecule has 1 rings (SSSR count). The van der Waals surface area contributed by atoms with Crippen LogP contribution in [0.3, 0.4) is 0 Å². The van der Waals surface area contributed by atoms with E-state index in [1.54, 1.807) is 5.38 Å². The van der Waals surface area contributed by atoms with Crippen LogP contribution in [0.2, 0.25) is 0 Å². The fourth-order valence-electron chi connectivity index (χ4n) is 0.785. The first-order valence-corrected chi connectivity index (χ1v) is 6.15. The van der Waals surface area contributed by atoms with Crippen molar-refractivity contribution in [2.75, 3.05) is 0 Å². The van der Waals surface area contributed by atoms with Gasteiger partial charge in [-0.3, -0.25) is 10.1 Å². The van der Waals surface area contributed by atoms with Crippen molar-refractivity contribution < 1.29 is 4.92 Å². The highest BCUT2D eigenvalue weighted by atomic mass is 79.9. The topological polar surface area (TPSA) is 43.1 Å². The fraction of sp³-hybridized carbons (Fsp3) is 0.429. The summed E-state index contributed by atoms with van der Waals surface area (Å²) >= 11 is 5.97. The monoisotopic (exact) mass is 281 g/mol. The Morgan fingerprint density at radius 1 is 1.69 bits per heavy atom. The van der Waals surface area contributed by atoms with Crippen LogP contribution < -0.4 is 0 Å². The van der Waals surface area contributed by atoms with Crippen molar-refractivity contribution in [1.82, 2.24) is 0 Å². The van der Waals surface area contributed by atoms with Crippen LogP contribution in [0.1, 0.15) is 13.8 Å².